The van der Waals surface area contributed by atoms with E-state index in [1.54, 1.807) is 28.4 Å². The molecule has 0 spiro atoms. The van der Waals surface area contributed by atoms with Crippen LogP contribution in [0.4, 0.5) is 5.69 Å². The van der Waals surface area contributed by atoms with Gasteiger partial charge >= 0.3 is 0 Å². The molecule has 1 fully saturated rings. The highest BCUT2D eigenvalue weighted by Crippen LogP contribution is 2.32. The number of aryl methyl sites for hydroxylation is 1. The second-order valence-corrected chi connectivity index (χ2v) is 11.6. The SMILES string of the molecule is CC(=O)Nc1ccc(S(=O)(=O)N(CC(=O)N(Cc2ccccc2)Cc2sccc2C)C2CC2)cc1. The normalized spacial score (nSPS) is 13.6. The number of anilines is 1. The smallest absolute Gasteiger partial charge is 0.243 e. The van der Waals surface area contributed by atoms with E-state index in [1.807, 2.05) is 48.7 Å². The predicted octanol–water partition coefficient (Wildman–Crippen LogP) is 4.40. The van der Waals surface area contributed by atoms with Gasteiger partial charge in [-0.1, -0.05) is 30.3 Å². The van der Waals surface area contributed by atoms with Gasteiger partial charge in [0.05, 0.1) is 18.0 Å². The van der Waals surface area contributed by atoms with Crippen LogP contribution in [-0.2, 0) is 32.7 Å². The van der Waals surface area contributed by atoms with Gasteiger partial charge in [-0.2, -0.15) is 4.31 Å². The van der Waals surface area contributed by atoms with E-state index in [-0.39, 0.29) is 29.3 Å². The van der Waals surface area contributed by atoms with Gasteiger partial charge in [0.2, 0.25) is 21.8 Å². The molecule has 35 heavy (non-hydrogen) atoms. The Bertz CT molecular complexity index is 1280. The molecule has 0 saturated heterocycles. The molecule has 0 radical (unpaired) electrons. The van der Waals surface area contributed by atoms with Gasteiger partial charge < -0.3 is 10.2 Å². The van der Waals surface area contributed by atoms with Gasteiger partial charge in [-0.25, -0.2) is 8.42 Å². The number of hydrogen-bond acceptors (Lipinski definition) is 5. The zero-order chi connectivity index (χ0) is 25.0. The first-order chi connectivity index (χ1) is 16.7. The summed E-state index contributed by atoms with van der Waals surface area (Å²) in [5, 5.41) is 4.64. The Morgan fingerprint density at radius 3 is 2.26 bits per heavy atom. The molecule has 0 aliphatic heterocycles. The van der Waals surface area contributed by atoms with Gasteiger partial charge in [-0.3, -0.25) is 9.59 Å². The summed E-state index contributed by atoms with van der Waals surface area (Å²) in [5.74, 6) is -0.461. The largest absolute Gasteiger partial charge is 0.332 e. The van der Waals surface area contributed by atoms with Crippen LogP contribution in [0.5, 0.6) is 0 Å². The lowest BCUT2D eigenvalue weighted by atomic mass is 10.2. The van der Waals surface area contributed by atoms with Crippen molar-refractivity contribution in [2.24, 2.45) is 0 Å². The highest BCUT2D eigenvalue weighted by atomic mass is 32.2. The zero-order valence-corrected chi connectivity index (χ0v) is 21.4. The van der Waals surface area contributed by atoms with E-state index < -0.39 is 10.0 Å². The number of nitrogens with zero attached hydrogens (tertiary/aromatic N) is 2. The van der Waals surface area contributed by atoms with Crippen LogP contribution in [0.25, 0.3) is 0 Å². The first kappa shape index (κ1) is 25.1. The van der Waals surface area contributed by atoms with Crippen LogP contribution >= 0.6 is 11.3 Å². The molecule has 1 aliphatic rings. The minimum atomic E-state index is -3.88. The Morgan fingerprint density at radius 1 is 1.00 bits per heavy atom. The van der Waals surface area contributed by atoms with Crippen molar-refractivity contribution in [1.82, 2.24) is 9.21 Å². The number of sulfonamides is 1. The predicted molar refractivity (Wildman–Crippen MR) is 137 cm³/mol. The third kappa shape index (κ3) is 6.36. The summed E-state index contributed by atoms with van der Waals surface area (Å²) in [7, 11) is -3.88. The van der Waals surface area contributed by atoms with E-state index >= 15 is 0 Å². The maximum Gasteiger partial charge on any atom is 0.243 e. The Morgan fingerprint density at radius 2 is 1.69 bits per heavy atom. The van der Waals surface area contributed by atoms with Crippen LogP contribution in [0.1, 0.15) is 35.8 Å². The van der Waals surface area contributed by atoms with E-state index in [1.165, 1.54) is 23.4 Å². The molecular formula is C26H29N3O4S2. The summed E-state index contributed by atoms with van der Waals surface area (Å²) in [6.07, 6.45) is 1.47. The lowest BCUT2D eigenvalue weighted by Gasteiger charge is -2.27. The number of amides is 2. The third-order valence-corrected chi connectivity index (χ3v) is 8.82. The second kappa shape index (κ2) is 10.7. The van der Waals surface area contributed by atoms with Crippen molar-refractivity contribution in [2.75, 3.05) is 11.9 Å². The van der Waals surface area contributed by atoms with E-state index in [0.717, 1.165) is 28.8 Å². The van der Waals surface area contributed by atoms with Crippen LogP contribution in [0, 0.1) is 6.92 Å². The standard InChI is InChI=1S/C26H29N3O4S2/c1-19-14-15-34-25(19)17-28(16-21-6-4-3-5-7-21)26(31)18-29(23-10-11-23)35(32,33)24-12-8-22(9-13-24)27-20(2)30/h3-9,12-15,23H,10-11,16-18H2,1-2H3,(H,27,30). The maximum absolute atomic E-state index is 13.6. The number of benzene rings is 2. The van der Waals surface area contributed by atoms with E-state index in [2.05, 4.69) is 5.32 Å². The summed E-state index contributed by atoms with van der Waals surface area (Å²) in [5.41, 5.74) is 2.63. The second-order valence-electron chi connectivity index (χ2n) is 8.75. The number of thiophene rings is 1. The molecule has 1 aromatic heterocycles. The molecule has 1 saturated carbocycles. The van der Waals surface area contributed by atoms with Crippen LogP contribution in [0.15, 0.2) is 70.9 Å². The molecule has 2 aromatic carbocycles. The Labute approximate surface area is 210 Å². The first-order valence-corrected chi connectivity index (χ1v) is 13.8. The van der Waals surface area contributed by atoms with Crippen LogP contribution < -0.4 is 5.32 Å². The summed E-state index contributed by atoms with van der Waals surface area (Å²) >= 11 is 1.60. The molecule has 1 aliphatic carbocycles. The average molecular weight is 512 g/mol. The molecule has 1 N–H and O–H groups in total. The van der Waals surface area contributed by atoms with Crippen molar-refractivity contribution in [3.05, 3.63) is 82.0 Å². The number of rotatable bonds is 10. The van der Waals surface area contributed by atoms with Gasteiger partial charge in [-0.05, 0) is 66.6 Å². The topological polar surface area (TPSA) is 86.8 Å². The average Bonchev–Trinajstić information content (AvgIpc) is 3.59. The third-order valence-electron chi connectivity index (χ3n) is 5.90. The lowest BCUT2D eigenvalue weighted by molar-refractivity contribution is -0.132. The summed E-state index contributed by atoms with van der Waals surface area (Å²) in [4.78, 5) is 27.8. The fraction of sp³-hybridized carbons (Fsp3) is 0.308. The van der Waals surface area contributed by atoms with Crippen molar-refractivity contribution in [1.29, 1.82) is 0 Å². The lowest BCUT2D eigenvalue weighted by Crippen LogP contribution is -2.43. The molecule has 0 bridgehead atoms. The molecule has 7 nitrogen and oxygen atoms in total. The van der Waals surface area contributed by atoms with Gasteiger partial charge in [0.1, 0.15) is 0 Å². The van der Waals surface area contributed by atoms with Crippen LogP contribution in [-0.4, -0.2) is 42.0 Å². The molecular weight excluding hydrogens is 482 g/mol. The summed E-state index contributed by atoms with van der Waals surface area (Å²) in [6.45, 7) is 4.03. The zero-order valence-electron chi connectivity index (χ0n) is 19.8. The van der Waals surface area contributed by atoms with Gasteiger partial charge in [0.25, 0.3) is 0 Å². The molecule has 0 unspecified atom stereocenters. The van der Waals surface area contributed by atoms with Gasteiger partial charge in [0, 0.05) is 30.1 Å². The Balaban J connectivity index is 1.56. The van der Waals surface area contributed by atoms with Crippen molar-refractivity contribution in [2.45, 2.75) is 50.7 Å². The van der Waals surface area contributed by atoms with Crippen molar-refractivity contribution >= 4 is 38.9 Å². The molecule has 1 heterocycles. The van der Waals surface area contributed by atoms with Crippen molar-refractivity contribution in [3.63, 3.8) is 0 Å². The molecule has 4 rings (SSSR count). The Hall–Kier alpha value is -3.01. The maximum atomic E-state index is 13.6. The molecule has 0 atom stereocenters. The van der Waals surface area contributed by atoms with Crippen molar-refractivity contribution < 1.29 is 18.0 Å². The van der Waals surface area contributed by atoms with Gasteiger partial charge in [-0.15, -0.1) is 11.3 Å². The number of hydrogen-bond donors (Lipinski definition) is 1. The molecule has 2 amide bonds. The highest BCUT2D eigenvalue weighted by molar-refractivity contribution is 7.89. The van der Waals surface area contributed by atoms with Crippen LogP contribution in [0.3, 0.4) is 0 Å². The number of nitrogens with one attached hydrogen (secondary N) is 1. The fourth-order valence-electron chi connectivity index (χ4n) is 3.83. The summed E-state index contributed by atoms with van der Waals surface area (Å²) in [6, 6.07) is 17.6. The summed E-state index contributed by atoms with van der Waals surface area (Å²) < 4.78 is 28.3. The minimum absolute atomic E-state index is 0.106. The quantitative estimate of drug-likeness (QED) is 0.437. The van der Waals surface area contributed by atoms with Crippen LogP contribution in [0.2, 0.25) is 0 Å². The Kier molecular flexibility index (Phi) is 7.69. The van der Waals surface area contributed by atoms with Crippen molar-refractivity contribution in [3.8, 4) is 0 Å². The van der Waals surface area contributed by atoms with E-state index in [0.29, 0.717) is 18.8 Å². The molecule has 9 heteroatoms. The molecule has 184 valence electrons. The number of carbonyl (C=O) groups is 2. The van der Waals surface area contributed by atoms with Gasteiger partial charge in [0.15, 0.2) is 0 Å². The first-order valence-electron chi connectivity index (χ1n) is 11.5. The highest BCUT2D eigenvalue weighted by Gasteiger charge is 2.40. The number of carbonyl (C=O) groups excluding carboxylic acids is 2. The van der Waals surface area contributed by atoms with E-state index in [9.17, 15) is 18.0 Å². The minimum Gasteiger partial charge on any atom is -0.332 e. The molecule has 3 aromatic rings. The van der Waals surface area contributed by atoms with E-state index in [4.69, 9.17) is 0 Å². The monoisotopic (exact) mass is 511 g/mol. The fourth-order valence-corrected chi connectivity index (χ4v) is 6.39.